The lowest BCUT2D eigenvalue weighted by Crippen LogP contribution is -2.56. The predicted molar refractivity (Wildman–Crippen MR) is 144 cm³/mol. The zero-order valence-corrected chi connectivity index (χ0v) is 22.0. The lowest BCUT2D eigenvalue weighted by atomic mass is 9.54. The first kappa shape index (κ1) is 24.8. The van der Waals surface area contributed by atoms with Crippen LogP contribution < -0.4 is 4.74 Å². The van der Waals surface area contributed by atoms with E-state index in [1.807, 2.05) is 30.3 Å². The van der Waals surface area contributed by atoms with Crippen LogP contribution in [0.15, 0.2) is 42.5 Å². The predicted octanol–water partition coefficient (Wildman–Crippen LogP) is 6.47. The molecule has 7 rings (SSSR count). The highest BCUT2D eigenvalue weighted by Gasteiger charge is 2.52. The Morgan fingerprint density at radius 1 is 0.973 bits per heavy atom. The number of halogens is 1. The Labute approximate surface area is 224 Å². The molecule has 0 spiro atoms. The molecule has 4 bridgehead atoms. The quantitative estimate of drug-likeness (QED) is 0.384. The van der Waals surface area contributed by atoms with Crippen LogP contribution in [-0.4, -0.2) is 41.1 Å². The third-order valence-corrected chi connectivity index (χ3v) is 9.75. The average molecular weight is 522 g/mol. The van der Waals surface area contributed by atoms with E-state index in [4.69, 9.17) is 21.4 Å². The highest BCUT2D eigenvalue weighted by Crippen LogP contribution is 2.55. The van der Waals surface area contributed by atoms with Crippen LogP contribution >= 0.6 is 11.6 Å². The summed E-state index contributed by atoms with van der Waals surface area (Å²) in [4.78, 5) is 26.4. The zero-order valence-electron chi connectivity index (χ0n) is 21.3. The number of hydrogen-bond donors (Lipinski definition) is 1. The summed E-state index contributed by atoms with van der Waals surface area (Å²) >= 11 is 6.73. The van der Waals surface area contributed by atoms with Gasteiger partial charge in [-0.3, -0.25) is 9.59 Å². The van der Waals surface area contributed by atoms with Crippen molar-refractivity contribution in [2.24, 2.45) is 29.6 Å². The van der Waals surface area contributed by atoms with Crippen molar-refractivity contribution in [3.63, 3.8) is 0 Å². The highest BCUT2D eigenvalue weighted by molar-refractivity contribution is 6.31. The fourth-order valence-electron chi connectivity index (χ4n) is 7.97. The van der Waals surface area contributed by atoms with E-state index in [1.165, 1.54) is 32.1 Å². The first-order chi connectivity index (χ1) is 17.9. The molecule has 1 saturated heterocycles. The van der Waals surface area contributed by atoms with Crippen molar-refractivity contribution in [1.29, 1.82) is 0 Å². The molecule has 6 heteroatoms. The molecule has 2 aromatic carbocycles. The molecule has 1 amide bonds. The molecule has 5 fully saturated rings. The molecule has 5 aliphatic rings. The third-order valence-electron chi connectivity index (χ3n) is 9.40. The van der Waals surface area contributed by atoms with Crippen LogP contribution in [0.3, 0.4) is 0 Å². The minimum Gasteiger partial charge on any atom is -0.494 e. The fourth-order valence-corrected chi connectivity index (χ4v) is 8.23. The highest BCUT2D eigenvalue weighted by atomic mass is 35.5. The van der Waals surface area contributed by atoms with E-state index in [2.05, 4.69) is 17.0 Å². The minimum atomic E-state index is -0.809. The van der Waals surface area contributed by atoms with Gasteiger partial charge in [-0.2, -0.15) is 0 Å². The monoisotopic (exact) mass is 521 g/mol. The van der Waals surface area contributed by atoms with Gasteiger partial charge in [-0.1, -0.05) is 35.9 Å². The average Bonchev–Trinajstić information content (AvgIpc) is 3.22. The normalized spacial score (nSPS) is 30.2. The molecule has 0 aromatic heterocycles. The zero-order chi connectivity index (χ0) is 25.5. The number of aliphatic carboxylic acids is 1. The van der Waals surface area contributed by atoms with Crippen LogP contribution in [0, 0.1) is 29.6 Å². The lowest BCUT2D eigenvalue weighted by Gasteiger charge is -2.56. The van der Waals surface area contributed by atoms with Gasteiger partial charge in [0.2, 0.25) is 5.91 Å². The van der Waals surface area contributed by atoms with Gasteiger partial charge in [-0.25, -0.2) is 0 Å². The Morgan fingerprint density at radius 2 is 1.65 bits per heavy atom. The maximum absolute atomic E-state index is 13.5. The van der Waals surface area contributed by atoms with E-state index in [9.17, 15) is 9.59 Å². The van der Waals surface area contributed by atoms with Crippen LogP contribution in [0.1, 0.15) is 56.9 Å². The molecule has 4 aliphatic carbocycles. The van der Waals surface area contributed by atoms with Gasteiger partial charge in [0.05, 0.1) is 6.61 Å². The number of carboxylic acid groups (broad SMARTS) is 1. The van der Waals surface area contributed by atoms with Crippen LogP contribution in [0.2, 0.25) is 5.02 Å². The van der Waals surface area contributed by atoms with Gasteiger partial charge in [-0.05, 0) is 110 Å². The molecule has 2 aromatic rings. The van der Waals surface area contributed by atoms with E-state index in [-0.39, 0.29) is 12.3 Å². The summed E-state index contributed by atoms with van der Waals surface area (Å²) in [6.45, 7) is 1.30. The molecule has 1 N–H and O–H groups in total. The Kier molecular flexibility index (Phi) is 6.91. The van der Waals surface area contributed by atoms with E-state index in [0.717, 1.165) is 59.1 Å². The van der Waals surface area contributed by atoms with Crippen LogP contribution in [0.25, 0.3) is 11.1 Å². The molecule has 1 aliphatic heterocycles. The van der Waals surface area contributed by atoms with Gasteiger partial charge in [-0.15, -0.1) is 0 Å². The second kappa shape index (κ2) is 10.3. The van der Waals surface area contributed by atoms with Crippen LogP contribution in [-0.2, 0) is 16.0 Å². The van der Waals surface area contributed by atoms with Gasteiger partial charge in [0.25, 0.3) is 0 Å². The van der Waals surface area contributed by atoms with Gasteiger partial charge in [0, 0.05) is 29.9 Å². The maximum Gasteiger partial charge on any atom is 0.303 e. The van der Waals surface area contributed by atoms with Crippen LogP contribution in [0.5, 0.6) is 5.75 Å². The Hall–Kier alpha value is -2.53. The van der Waals surface area contributed by atoms with Gasteiger partial charge >= 0.3 is 5.97 Å². The summed E-state index contributed by atoms with van der Waals surface area (Å²) in [6.07, 6.45) is 9.06. The van der Waals surface area contributed by atoms with E-state index in [0.29, 0.717) is 36.4 Å². The Balaban J connectivity index is 1.07. The summed E-state index contributed by atoms with van der Waals surface area (Å²) in [5.41, 5.74) is 3.12. The number of carbonyl (C=O) groups excluding carboxylic acids is 1. The number of hydrogen-bond acceptors (Lipinski definition) is 3. The Morgan fingerprint density at radius 3 is 2.30 bits per heavy atom. The summed E-state index contributed by atoms with van der Waals surface area (Å²) in [5, 5.41) is 9.44. The summed E-state index contributed by atoms with van der Waals surface area (Å²) in [6, 6.07) is 14.4. The van der Waals surface area contributed by atoms with Crippen LogP contribution in [0.4, 0.5) is 0 Å². The number of ether oxygens (including phenoxy) is 1. The van der Waals surface area contributed by atoms with Crippen molar-refractivity contribution in [1.82, 2.24) is 4.90 Å². The fraction of sp³-hybridized carbons (Fsp3) is 0.548. The molecular weight excluding hydrogens is 486 g/mol. The van der Waals surface area contributed by atoms with Gasteiger partial charge in [0.1, 0.15) is 5.75 Å². The van der Waals surface area contributed by atoms with Crippen molar-refractivity contribution < 1.29 is 19.4 Å². The molecule has 4 saturated carbocycles. The number of carboxylic acids is 1. The van der Waals surface area contributed by atoms with E-state index >= 15 is 0 Å². The minimum absolute atomic E-state index is 0.0399. The number of likely N-dealkylation sites (tertiary alicyclic amines) is 1. The first-order valence-corrected chi connectivity index (χ1v) is 14.4. The number of amides is 1. The molecule has 0 radical (unpaired) electrons. The number of nitrogens with zero attached hydrogens (tertiary/aromatic N) is 1. The summed E-state index contributed by atoms with van der Waals surface area (Å²) in [7, 11) is 0. The molecule has 1 atom stereocenters. The number of rotatable bonds is 9. The van der Waals surface area contributed by atoms with Gasteiger partial charge in [0.15, 0.2) is 0 Å². The van der Waals surface area contributed by atoms with Crippen molar-refractivity contribution in [2.75, 3.05) is 13.2 Å². The topological polar surface area (TPSA) is 66.8 Å². The van der Waals surface area contributed by atoms with E-state index < -0.39 is 5.97 Å². The Bertz CT molecular complexity index is 1130. The van der Waals surface area contributed by atoms with Crippen molar-refractivity contribution >= 4 is 23.5 Å². The molecule has 37 heavy (non-hydrogen) atoms. The number of carbonyl (C=O) groups is 2. The largest absolute Gasteiger partial charge is 0.494 e. The first-order valence-electron chi connectivity index (χ1n) is 14.0. The lowest BCUT2D eigenvalue weighted by molar-refractivity contribution is -0.141. The van der Waals surface area contributed by atoms with Crippen molar-refractivity contribution in [3.05, 3.63) is 53.1 Å². The molecule has 196 valence electrons. The molecule has 5 nitrogen and oxygen atoms in total. The third kappa shape index (κ3) is 5.12. The smallest absolute Gasteiger partial charge is 0.303 e. The molecule has 1 heterocycles. The summed E-state index contributed by atoms with van der Waals surface area (Å²) < 4.78 is 5.63. The molecular formula is C31H36ClNO4. The van der Waals surface area contributed by atoms with Gasteiger partial charge < -0.3 is 14.7 Å². The van der Waals surface area contributed by atoms with Crippen molar-refractivity contribution in [2.45, 2.75) is 63.8 Å². The number of benzene rings is 2. The second-order valence-electron chi connectivity index (χ2n) is 11.8. The SMILES string of the molecule is O=C(O)CCCOc1ccc(-c2ccc(CC3CCN(C4C5CC6CC(C5)CC4C6)C3=O)c(Cl)c2)cc1. The maximum atomic E-state index is 13.5. The van der Waals surface area contributed by atoms with E-state index in [1.54, 1.807) is 0 Å². The molecule has 1 unspecified atom stereocenters. The summed E-state index contributed by atoms with van der Waals surface area (Å²) in [5.74, 6) is 3.65. The second-order valence-corrected chi connectivity index (χ2v) is 12.2. The van der Waals surface area contributed by atoms with Crippen molar-refractivity contribution in [3.8, 4) is 16.9 Å². The standard InChI is InChI=1S/C31H36ClNO4/c32-28-18-22(21-5-7-27(8-6-21)37-11-1-2-29(34)35)3-4-23(28)17-24-9-10-33(31(24)36)30-25-13-19-12-20(15-25)16-26(30)14-19/h3-8,18-20,24-26,30H,1-2,9-17H2,(H,34,35).